The van der Waals surface area contributed by atoms with Gasteiger partial charge in [-0.25, -0.2) is 0 Å². The molecule has 0 fully saturated rings. The molecule has 0 radical (unpaired) electrons. The number of rotatable bonds is 2. The average Bonchev–Trinajstić information content (AvgIpc) is 2.26. The fourth-order valence-corrected chi connectivity index (χ4v) is 3.82. The summed E-state index contributed by atoms with van der Waals surface area (Å²) >= 11 is 2.66. The summed E-state index contributed by atoms with van der Waals surface area (Å²) in [5.41, 5.74) is 0.908. The van der Waals surface area contributed by atoms with Crippen LogP contribution >= 0.6 is 23.5 Å². The molecule has 0 aromatic heterocycles. The molecule has 0 aliphatic heterocycles. The molecular weight excluding hydrogens is 262 g/mol. The highest BCUT2D eigenvalue weighted by atomic mass is 32.2. The number of thioether (sulfide) groups is 2. The second kappa shape index (κ2) is 5.75. The molecule has 0 bridgehead atoms. The number of nitrogens with zero attached hydrogens (tertiary/aromatic N) is 1. The quantitative estimate of drug-likeness (QED) is 0.615. The van der Waals surface area contributed by atoms with Gasteiger partial charge in [0.25, 0.3) is 10.0 Å². The van der Waals surface area contributed by atoms with Crippen molar-refractivity contribution < 1.29 is 8.42 Å². The van der Waals surface area contributed by atoms with Gasteiger partial charge in [-0.1, -0.05) is 12.1 Å². The first-order chi connectivity index (χ1) is 7.49. The SMILES string of the molecule is CSC(=NS(=O)(=O)c1cccc(C)c1)SC. The van der Waals surface area contributed by atoms with Crippen molar-refractivity contribution in [1.29, 1.82) is 0 Å². The molecule has 16 heavy (non-hydrogen) atoms. The Bertz CT molecular complexity index is 489. The number of benzene rings is 1. The third-order valence-electron chi connectivity index (χ3n) is 1.83. The fraction of sp³-hybridized carbons (Fsp3) is 0.300. The minimum Gasteiger partial charge on any atom is -0.199 e. The molecule has 1 rings (SSSR count). The van der Waals surface area contributed by atoms with Crippen LogP contribution in [0.15, 0.2) is 33.6 Å². The lowest BCUT2D eigenvalue weighted by Gasteiger charge is -2.02. The molecule has 3 nitrogen and oxygen atoms in total. The standard InChI is InChI=1S/C10H13NO2S3/c1-8-5-4-6-9(7-8)16(12,13)11-10(14-2)15-3/h4-7H,1-3H3. The van der Waals surface area contributed by atoms with E-state index in [1.54, 1.807) is 30.7 Å². The Hall–Kier alpha value is -0.460. The Morgan fingerprint density at radius 3 is 2.38 bits per heavy atom. The van der Waals surface area contributed by atoms with E-state index in [4.69, 9.17) is 0 Å². The van der Waals surface area contributed by atoms with E-state index in [9.17, 15) is 8.42 Å². The van der Waals surface area contributed by atoms with Crippen molar-refractivity contribution in [3.8, 4) is 0 Å². The van der Waals surface area contributed by atoms with Gasteiger partial charge < -0.3 is 0 Å². The van der Waals surface area contributed by atoms with Crippen LogP contribution in [0.5, 0.6) is 0 Å². The first kappa shape index (κ1) is 13.6. The second-order valence-corrected chi connectivity index (χ2v) is 6.51. The minimum atomic E-state index is -3.56. The molecule has 0 aliphatic rings. The van der Waals surface area contributed by atoms with Crippen molar-refractivity contribution in [3.05, 3.63) is 29.8 Å². The highest BCUT2D eigenvalue weighted by Crippen LogP contribution is 2.19. The molecule has 0 unspecified atom stereocenters. The van der Waals surface area contributed by atoms with E-state index in [1.807, 2.05) is 13.0 Å². The Labute approximate surface area is 105 Å². The third kappa shape index (κ3) is 3.54. The van der Waals surface area contributed by atoms with Crippen molar-refractivity contribution in [1.82, 2.24) is 0 Å². The lowest BCUT2D eigenvalue weighted by Crippen LogP contribution is -1.99. The van der Waals surface area contributed by atoms with E-state index in [0.717, 1.165) is 5.56 Å². The summed E-state index contributed by atoms with van der Waals surface area (Å²) in [6.07, 6.45) is 3.61. The molecule has 6 heteroatoms. The van der Waals surface area contributed by atoms with Crippen molar-refractivity contribution in [2.24, 2.45) is 4.40 Å². The van der Waals surface area contributed by atoms with Crippen molar-refractivity contribution in [2.75, 3.05) is 12.5 Å². The second-order valence-electron chi connectivity index (χ2n) is 3.06. The van der Waals surface area contributed by atoms with Gasteiger partial charge in [0, 0.05) is 0 Å². The van der Waals surface area contributed by atoms with Crippen LogP contribution in [0, 0.1) is 6.92 Å². The molecule has 0 atom stereocenters. The summed E-state index contributed by atoms with van der Waals surface area (Å²) in [4.78, 5) is 0.244. The molecule has 0 heterocycles. The first-order valence-electron chi connectivity index (χ1n) is 4.49. The minimum absolute atomic E-state index is 0.244. The summed E-state index contributed by atoms with van der Waals surface area (Å²) < 4.78 is 28.1. The van der Waals surface area contributed by atoms with Crippen molar-refractivity contribution in [3.63, 3.8) is 0 Å². The number of sulfonamides is 1. The molecule has 0 saturated heterocycles. The van der Waals surface area contributed by atoms with Crippen LogP contribution in [-0.2, 0) is 10.0 Å². The monoisotopic (exact) mass is 275 g/mol. The van der Waals surface area contributed by atoms with Crippen molar-refractivity contribution in [2.45, 2.75) is 11.8 Å². The normalized spacial score (nSPS) is 11.2. The zero-order valence-corrected chi connectivity index (χ0v) is 11.7. The van der Waals surface area contributed by atoms with Gasteiger partial charge in [-0.2, -0.15) is 8.42 Å². The molecule has 0 saturated carbocycles. The van der Waals surface area contributed by atoms with Gasteiger partial charge in [-0.15, -0.1) is 27.9 Å². The van der Waals surface area contributed by atoms with E-state index < -0.39 is 10.0 Å². The zero-order chi connectivity index (χ0) is 12.2. The summed E-state index contributed by atoms with van der Waals surface area (Å²) in [6.45, 7) is 1.85. The van der Waals surface area contributed by atoms with Crippen molar-refractivity contribution >= 4 is 37.9 Å². The lowest BCUT2D eigenvalue weighted by molar-refractivity contribution is 0.598. The van der Waals surface area contributed by atoms with Gasteiger partial charge in [-0.3, -0.25) is 0 Å². The maximum atomic E-state index is 11.9. The van der Waals surface area contributed by atoms with Gasteiger partial charge in [0.1, 0.15) is 4.38 Å². The summed E-state index contributed by atoms with van der Waals surface area (Å²) in [7, 11) is -3.56. The van der Waals surface area contributed by atoms with Crippen LogP contribution in [0.3, 0.4) is 0 Å². The first-order valence-corrected chi connectivity index (χ1v) is 8.38. The number of hydrogen-bond acceptors (Lipinski definition) is 4. The molecule has 0 N–H and O–H groups in total. The molecule has 0 aliphatic carbocycles. The van der Waals surface area contributed by atoms with Gasteiger partial charge in [0.05, 0.1) is 4.90 Å². The van der Waals surface area contributed by atoms with Crippen LogP contribution in [0.4, 0.5) is 0 Å². The van der Waals surface area contributed by atoms with E-state index in [-0.39, 0.29) is 4.90 Å². The maximum absolute atomic E-state index is 11.9. The van der Waals surface area contributed by atoms with Crippen LogP contribution in [0.1, 0.15) is 5.56 Å². The third-order valence-corrected chi connectivity index (χ3v) is 5.22. The highest BCUT2D eigenvalue weighted by Gasteiger charge is 2.13. The van der Waals surface area contributed by atoms with E-state index >= 15 is 0 Å². The van der Waals surface area contributed by atoms with Gasteiger partial charge in [0.2, 0.25) is 0 Å². The van der Waals surface area contributed by atoms with Crippen LogP contribution in [-0.4, -0.2) is 25.3 Å². The van der Waals surface area contributed by atoms with Crippen LogP contribution < -0.4 is 0 Å². The molecule has 0 amide bonds. The van der Waals surface area contributed by atoms with Gasteiger partial charge in [-0.05, 0) is 37.1 Å². The molecule has 1 aromatic carbocycles. The topological polar surface area (TPSA) is 46.5 Å². The van der Waals surface area contributed by atoms with E-state index in [0.29, 0.717) is 4.38 Å². The fourth-order valence-electron chi connectivity index (χ4n) is 1.08. The zero-order valence-electron chi connectivity index (χ0n) is 9.30. The Balaban J connectivity index is 3.17. The van der Waals surface area contributed by atoms with Crippen LogP contribution in [0.2, 0.25) is 0 Å². The Morgan fingerprint density at radius 1 is 1.25 bits per heavy atom. The predicted molar refractivity (Wildman–Crippen MR) is 72.8 cm³/mol. The smallest absolute Gasteiger partial charge is 0.199 e. The summed E-state index contributed by atoms with van der Waals surface area (Å²) in [5, 5.41) is 0. The van der Waals surface area contributed by atoms with Gasteiger partial charge in [0.15, 0.2) is 0 Å². The Morgan fingerprint density at radius 2 is 1.88 bits per heavy atom. The number of aryl methyl sites for hydroxylation is 1. The largest absolute Gasteiger partial charge is 0.283 e. The summed E-state index contributed by atoms with van der Waals surface area (Å²) in [5.74, 6) is 0. The van der Waals surface area contributed by atoms with E-state index in [1.165, 1.54) is 23.5 Å². The summed E-state index contributed by atoms with van der Waals surface area (Å²) in [6, 6.07) is 6.75. The van der Waals surface area contributed by atoms with Crippen LogP contribution in [0.25, 0.3) is 0 Å². The lowest BCUT2D eigenvalue weighted by atomic mass is 10.2. The predicted octanol–water partition coefficient (Wildman–Crippen LogP) is 2.77. The Kier molecular flexibility index (Phi) is 4.89. The maximum Gasteiger partial charge on any atom is 0.283 e. The highest BCUT2D eigenvalue weighted by molar-refractivity contribution is 8.38. The molecule has 88 valence electrons. The van der Waals surface area contributed by atoms with E-state index in [2.05, 4.69) is 4.40 Å². The average molecular weight is 275 g/mol. The van der Waals surface area contributed by atoms with Gasteiger partial charge >= 0.3 is 0 Å². The number of hydrogen-bond donors (Lipinski definition) is 0. The molecular formula is C10H13NO2S3. The molecule has 1 aromatic rings. The molecule has 0 spiro atoms.